The molecule has 0 unspecified atom stereocenters. The Morgan fingerprint density at radius 1 is 1.03 bits per heavy atom. The molecule has 1 aliphatic rings. The molecule has 2 N–H and O–H groups in total. The van der Waals surface area contributed by atoms with Gasteiger partial charge in [-0.3, -0.25) is 4.79 Å². The summed E-state index contributed by atoms with van der Waals surface area (Å²) in [6.07, 6.45) is 0. The summed E-state index contributed by atoms with van der Waals surface area (Å²) >= 11 is 0. The second-order valence-electron chi connectivity index (χ2n) is 9.16. The number of methoxy groups -OCH3 is 3. The molecule has 0 saturated carbocycles. The number of ether oxygens (including phenoxy) is 4. The molecule has 0 atom stereocenters. The molecule has 0 aromatic heterocycles. The zero-order valence-corrected chi connectivity index (χ0v) is 20.8. The number of anilines is 3. The second kappa shape index (κ2) is 10.1. The van der Waals surface area contributed by atoms with Crippen LogP contribution in [0.5, 0.6) is 23.0 Å². The van der Waals surface area contributed by atoms with Gasteiger partial charge in [-0.2, -0.15) is 0 Å². The van der Waals surface area contributed by atoms with Gasteiger partial charge in [-0.15, -0.1) is 0 Å². The van der Waals surface area contributed by atoms with Gasteiger partial charge in [0.2, 0.25) is 11.7 Å². The standard InChI is InChI=1S/C25H33N3O6/c1-15(2)13-28-18-10-16(8-9-19(18)34-14-25(3,4)23(28)29)26-24(30)27-17-11-20(31-5)22(33-7)21(12-17)32-6/h8-12,15H,13-14H2,1-7H3,(H2,26,27,30). The number of fused-ring (bicyclic) bond motifs is 1. The van der Waals surface area contributed by atoms with E-state index in [9.17, 15) is 9.59 Å². The van der Waals surface area contributed by atoms with E-state index in [-0.39, 0.29) is 18.4 Å². The number of benzene rings is 2. The molecule has 34 heavy (non-hydrogen) atoms. The number of amides is 3. The molecule has 0 fully saturated rings. The van der Waals surface area contributed by atoms with E-state index < -0.39 is 11.4 Å². The lowest BCUT2D eigenvalue weighted by atomic mass is 9.92. The van der Waals surface area contributed by atoms with Crippen LogP contribution < -0.4 is 34.5 Å². The molecule has 3 rings (SSSR count). The number of rotatable bonds is 7. The monoisotopic (exact) mass is 471 g/mol. The first-order chi connectivity index (χ1) is 16.1. The highest BCUT2D eigenvalue weighted by Crippen LogP contribution is 2.41. The van der Waals surface area contributed by atoms with Crippen LogP contribution in [0.15, 0.2) is 30.3 Å². The van der Waals surface area contributed by atoms with Crippen LogP contribution in [0.2, 0.25) is 0 Å². The fraction of sp³-hybridized carbons (Fsp3) is 0.440. The number of hydrogen-bond acceptors (Lipinski definition) is 6. The normalized spacial score (nSPS) is 14.6. The third kappa shape index (κ3) is 5.30. The van der Waals surface area contributed by atoms with E-state index >= 15 is 0 Å². The highest BCUT2D eigenvalue weighted by Gasteiger charge is 2.38. The number of carbonyl (C=O) groups excluding carboxylic acids is 2. The largest absolute Gasteiger partial charge is 0.493 e. The van der Waals surface area contributed by atoms with E-state index in [0.29, 0.717) is 46.6 Å². The summed E-state index contributed by atoms with van der Waals surface area (Å²) in [5.41, 5.74) is 0.956. The number of carbonyl (C=O) groups is 2. The van der Waals surface area contributed by atoms with E-state index in [2.05, 4.69) is 24.5 Å². The van der Waals surface area contributed by atoms with Crippen LogP contribution in [0.3, 0.4) is 0 Å². The average molecular weight is 472 g/mol. The van der Waals surface area contributed by atoms with Gasteiger partial charge in [0.25, 0.3) is 0 Å². The summed E-state index contributed by atoms with van der Waals surface area (Å²) in [7, 11) is 4.52. The Morgan fingerprint density at radius 2 is 1.65 bits per heavy atom. The van der Waals surface area contributed by atoms with Gasteiger partial charge < -0.3 is 34.5 Å². The number of nitrogens with zero attached hydrogens (tertiary/aromatic N) is 1. The van der Waals surface area contributed by atoms with Crippen molar-refractivity contribution in [3.8, 4) is 23.0 Å². The molecule has 0 spiro atoms. The molecular weight excluding hydrogens is 438 g/mol. The van der Waals surface area contributed by atoms with Crippen LogP contribution in [0.1, 0.15) is 27.7 Å². The molecule has 0 radical (unpaired) electrons. The highest BCUT2D eigenvalue weighted by molar-refractivity contribution is 6.03. The van der Waals surface area contributed by atoms with Crippen molar-refractivity contribution in [2.75, 3.05) is 50.0 Å². The minimum Gasteiger partial charge on any atom is -0.493 e. The summed E-state index contributed by atoms with van der Waals surface area (Å²) in [6.45, 7) is 8.68. The molecule has 0 bridgehead atoms. The van der Waals surface area contributed by atoms with Crippen LogP contribution >= 0.6 is 0 Å². The van der Waals surface area contributed by atoms with Gasteiger partial charge in [-0.1, -0.05) is 13.8 Å². The van der Waals surface area contributed by atoms with Crippen LogP contribution in [-0.4, -0.2) is 46.4 Å². The fourth-order valence-corrected chi connectivity index (χ4v) is 3.72. The van der Waals surface area contributed by atoms with Crippen molar-refractivity contribution in [2.45, 2.75) is 27.7 Å². The van der Waals surface area contributed by atoms with Crippen molar-refractivity contribution in [3.63, 3.8) is 0 Å². The molecule has 2 aromatic rings. The minimum atomic E-state index is -0.661. The van der Waals surface area contributed by atoms with Crippen LogP contribution in [0, 0.1) is 11.3 Å². The van der Waals surface area contributed by atoms with Gasteiger partial charge in [0.05, 0.1) is 38.1 Å². The first kappa shape index (κ1) is 25.0. The van der Waals surface area contributed by atoms with Crippen molar-refractivity contribution in [2.24, 2.45) is 11.3 Å². The third-order valence-corrected chi connectivity index (χ3v) is 5.39. The zero-order chi connectivity index (χ0) is 25.0. The Labute approximate surface area is 200 Å². The number of nitrogens with one attached hydrogen (secondary N) is 2. The summed E-state index contributed by atoms with van der Waals surface area (Å²) in [4.78, 5) is 27.7. The smallest absolute Gasteiger partial charge is 0.323 e. The highest BCUT2D eigenvalue weighted by atomic mass is 16.5. The molecule has 0 aliphatic carbocycles. The van der Waals surface area contributed by atoms with Crippen molar-refractivity contribution < 1.29 is 28.5 Å². The minimum absolute atomic E-state index is 0.0148. The Hall–Kier alpha value is -3.62. The first-order valence-electron chi connectivity index (χ1n) is 11.1. The quantitative estimate of drug-likeness (QED) is 0.604. The van der Waals surface area contributed by atoms with Gasteiger partial charge in [-0.25, -0.2) is 4.79 Å². The maximum Gasteiger partial charge on any atom is 0.323 e. The maximum absolute atomic E-state index is 13.2. The second-order valence-corrected chi connectivity index (χ2v) is 9.16. The molecule has 1 aliphatic heterocycles. The van der Waals surface area contributed by atoms with Crippen LogP contribution in [0.25, 0.3) is 0 Å². The van der Waals surface area contributed by atoms with Crippen LogP contribution in [-0.2, 0) is 4.79 Å². The summed E-state index contributed by atoms with van der Waals surface area (Å²) in [5.74, 6) is 2.12. The fourth-order valence-electron chi connectivity index (χ4n) is 3.72. The van der Waals surface area contributed by atoms with Gasteiger partial charge in [0.1, 0.15) is 12.4 Å². The van der Waals surface area contributed by atoms with Crippen molar-refractivity contribution in [1.82, 2.24) is 0 Å². The summed E-state index contributed by atoms with van der Waals surface area (Å²) < 4.78 is 21.9. The van der Waals surface area contributed by atoms with Gasteiger partial charge in [0.15, 0.2) is 11.5 Å². The average Bonchev–Trinajstić information content (AvgIpc) is 2.88. The lowest BCUT2D eigenvalue weighted by Gasteiger charge is -2.29. The molecule has 3 amide bonds. The zero-order valence-electron chi connectivity index (χ0n) is 20.8. The lowest BCUT2D eigenvalue weighted by Crippen LogP contribution is -2.43. The van der Waals surface area contributed by atoms with E-state index in [1.807, 2.05) is 13.8 Å². The Bertz CT molecular complexity index is 1040. The third-order valence-electron chi connectivity index (χ3n) is 5.39. The van der Waals surface area contributed by atoms with Crippen molar-refractivity contribution in [3.05, 3.63) is 30.3 Å². The van der Waals surface area contributed by atoms with E-state index in [0.717, 1.165) is 0 Å². The van der Waals surface area contributed by atoms with Crippen LogP contribution in [0.4, 0.5) is 21.9 Å². The maximum atomic E-state index is 13.2. The van der Waals surface area contributed by atoms with Gasteiger partial charge in [-0.05, 0) is 38.0 Å². The molecule has 0 saturated heterocycles. The predicted molar refractivity (Wildman–Crippen MR) is 132 cm³/mol. The summed E-state index contributed by atoms with van der Waals surface area (Å²) in [5, 5.41) is 5.59. The number of hydrogen-bond donors (Lipinski definition) is 2. The Balaban J connectivity index is 1.85. The Morgan fingerprint density at radius 3 is 2.21 bits per heavy atom. The van der Waals surface area contributed by atoms with Gasteiger partial charge >= 0.3 is 6.03 Å². The first-order valence-corrected chi connectivity index (χ1v) is 11.1. The topological polar surface area (TPSA) is 98.4 Å². The van der Waals surface area contributed by atoms with E-state index in [1.165, 1.54) is 21.3 Å². The van der Waals surface area contributed by atoms with Crippen molar-refractivity contribution in [1.29, 1.82) is 0 Å². The molecule has 2 aromatic carbocycles. The molecule has 9 nitrogen and oxygen atoms in total. The lowest BCUT2D eigenvalue weighted by molar-refractivity contribution is -0.127. The molecule has 184 valence electrons. The molecular formula is C25H33N3O6. The van der Waals surface area contributed by atoms with Crippen molar-refractivity contribution >= 4 is 29.0 Å². The molecule has 9 heteroatoms. The number of urea groups is 1. The van der Waals surface area contributed by atoms with E-state index in [1.54, 1.807) is 35.2 Å². The predicted octanol–water partition coefficient (Wildman–Crippen LogP) is 4.76. The molecule has 1 heterocycles. The Kier molecular flexibility index (Phi) is 7.44. The summed E-state index contributed by atoms with van der Waals surface area (Å²) in [6, 6.07) is 8.07. The van der Waals surface area contributed by atoms with E-state index in [4.69, 9.17) is 18.9 Å². The van der Waals surface area contributed by atoms with Gasteiger partial charge in [0, 0.05) is 24.4 Å². The SMILES string of the molecule is COc1cc(NC(=O)Nc2ccc3c(c2)N(CC(C)C)C(=O)C(C)(C)CO3)cc(OC)c1OC.